The molecule has 1 aliphatic carbocycles. The maximum Gasteiger partial charge on any atom is 0.226 e. The van der Waals surface area contributed by atoms with Gasteiger partial charge in [0.15, 0.2) is 0 Å². The zero-order valence-corrected chi connectivity index (χ0v) is 10.2. The van der Waals surface area contributed by atoms with E-state index in [0.717, 1.165) is 0 Å². The van der Waals surface area contributed by atoms with Crippen molar-refractivity contribution in [2.45, 2.75) is 31.2 Å². The Morgan fingerprint density at radius 1 is 1.38 bits per heavy atom. The van der Waals surface area contributed by atoms with E-state index < -0.39 is 11.4 Å². The lowest BCUT2D eigenvalue weighted by Gasteiger charge is -2.46. The lowest BCUT2D eigenvalue weighted by Crippen LogP contribution is -2.71. The van der Waals surface area contributed by atoms with Gasteiger partial charge in [-0.3, -0.25) is 10.1 Å². The lowest BCUT2D eigenvalue weighted by molar-refractivity contribution is -0.137. The molecule has 0 bridgehead atoms. The number of allylic oxidation sites excluding steroid dienone is 2. The molecular formula is C10H12Cl2N2O2. The maximum atomic E-state index is 11.5. The Hall–Kier alpha value is -0.550. The Bertz CT molecular complexity index is 400. The minimum Gasteiger partial charge on any atom is -0.376 e. The number of nitrogens with one attached hydrogen (secondary N) is 2. The molecule has 2 atom stereocenters. The van der Waals surface area contributed by atoms with E-state index in [-0.39, 0.29) is 12.3 Å². The molecular weight excluding hydrogens is 251 g/mol. The summed E-state index contributed by atoms with van der Waals surface area (Å²) < 4.78 is 0. The molecule has 1 saturated heterocycles. The molecule has 1 aliphatic heterocycles. The van der Waals surface area contributed by atoms with Crippen LogP contribution in [-0.2, 0) is 4.79 Å². The van der Waals surface area contributed by atoms with Gasteiger partial charge in [0.05, 0.1) is 11.5 Å². The highest BCUT2D eigenvalue weighted by Crippen LogP contribution is 2.35. The Morgan fingerprint density at radius 2 is 2.06 bits per heavy atom. The number of carbonyl (C=O) groups is 1. The third kappa shape index (κ3) is 2.11. The van der Waals surface area contributed by atoms with Crippen molar-refractivity contribution in [1.29, 1.82) is 0 Å². The molecule has 0 saturated carbocycles. The van der Waals surface area contributed by atoms with Gasteiger partial charge >= 0.3 is 0 Å². The topological polar surface area (TPSA) is 61.4 Å². The van der Waals surface area contributed by atoms with Gasteiger partial charge < -0.3 is 10.4 Å². The van der Waals surface area contributed by atoms with Gasteiger partial charge in [0.2, 0.25) is 5.91 Å². The summed E-state index contributed by atoms with van der Waals surface area (Å²) in [4.78, 5) is 11.5. The summed E-state index contributed by atoms with van der Waals surface area (Å²) in [6.07, 6.45) is 3.60. The van der Waals surface area contributed by atoms with Crippen molar-refractivity contribution in [3.8, 4) is 0 Å². The van der Waals surface area contributed by atoms with Crippen LogP contribution in [0.1, 0.15) is 19.8 Å². The van der Waals surface area contributed by atoms with Gasteiger partial charge in [-0.05, 0) is 19.1 Å². The van der Waals surface area contributed by atoms with Crippen LogP contribution >= 0.6 is 23.2 Å². The summed E-state index contributed by atoms with van der Waals surface area (Å²) in [5.74, 6) is -0.262. The van der Waals surface area contributed by atoms with E-state index in [9.17, 15) is 9.90 Å². The number of carbonyl (C=O) groups excluding carboxylic acids is 1. The number of halogens is 2. The molecule has 1 fully saturated rings. The summed E-state index contributed by atoms with van der Waals surface area (Å²) in [6, 6.07) is 0. The van der Waals surface area contributed by atoms with Gasteiger partial charge in [-0.25, -0.2) is 0 Å². The summed E-state index contributed by atoms with van der Waals surface area (Å²) in [5, 5.41) is 16.6. The summed E-state index contributed by atoms with van der Waals surface area (Å²) in [5.41, 5.74) is -2.27. The zero-order valence-electron chi connectivity index (χ0n) is 8.68. The van der Waals surface area contributed by atoms with Crippen LogP contribution in [0.4, 0.5) is 0 Å². The van der Waals surface area contributed by atoms with E-state index in [1.165, 1.54) is 6.92 Å². The predicted molar refractivity (Wildman–Crippen MR) is 61.7 cm³/mol. The first-order valence-corrected chi connectivity index (χ1v) is 5.64. The second-order valence-corrected chi connectivity index (χ2v) is 5.23. The molecule has 0 aromatic heterocycles. The van der Waals surface area contributed by atoms with Crippen LogP contribution in [0.5, 0.6) is 0 Å². The molecule has 0 aromatic carbocycles. The SMILES string of the molecule is C[C@@]1(O)CC(=O)N[C@@]2(CC(Cl)=CC=C2Cl)N1. The monoisotopic (exact) mass is 262 g/mol. The molecule has 16 heavy (non-hydrogen) atoms. The quantitative estimate of drug-likeness (QED) is 0.614. The average Bonchev–Trinajstić information content (AvgIpc) is 2.08. The zero-order chi connectivity index (χ0) is 12.0. The Kier molecular flexibility index (Phi) is 2.78. The fourth-order valence-electron chi connectivity index (χ4n) is 2.04. The number of hydrogen-bond acceptors (Lipinski definition) is 3. The van der Waals surface area contributed by atoms with Crippen molar-refractivity contribution >= 4 is 29.1 Å². The Labute approximate surface area is 103 Å². The highest BCUT2D eigenvalue weighted by molar-refractivity contribution is 6.33. The number of hydrogen-bond donors (Lipinski definition) is 3. The third-order valence-corrected chi connectivity index (χ3v) is 3.30. The van der Waals surface area contributed by atoms with E-state index in [1.54, 1.807) is 12.2 Å². The molecule has 88 valence electrons. The first kappa shape index (κ1) is 11.9. The van der Waals surface area contributed by atoms with Crippen molar-refractivity contribution in [3.05, 3.63) is 22.2 Å². The minimum absolute atomic E-state index is 0.0136. The van der Waals surface area contributed by atoms with E-state index >= 15 is 0 Å². The van der Waals surface area contributed by atoms with E-state index in [4.69, 9.17) is 23.2 Å². The normalized spacial score (nSPS) is 39.1. The minimum atomic E-state index is -1.29. The third-order valence-electron chi connectivity index (χ3n) is 2.59. The van der Waals surface area contributed by atoms with Crippen molar-refractivity contribution in [1.82, 2.24) is 10.6 Å². The first-order valence-electron chi connectivity index (χ1n) is 4.88. The van der Waals surface area contributed by atoms with Gasteiger partial charge in [0.1, 0.15) is 11.4 Å². The van der Waals surface area contributed by atoms with Gasteiger partial charge in [-0.1, -0.05) is 23.2 Å². The van der Waals surface area contributed by atoms with Gasteiger partial charge in [0.25, 0.3) is 0 Å². The number of rotatable bonds is 0. The van der Waals surface area contributed by atoms with Crippen LogP contribution in [0.25, 0.3) is 0 Å². The molecule has 0 unspecified atom stereocenters. The van der Waals surface area contributed by atoms with E-state index in [1.807, 2.05) is 0 Å². The Morgan fingerprint density at radius 3 is 2.69 bits per heavy atom. The van der Waals surface area contributed by atoms with Gasteiger partial charge in [0, 0.05) is 11.5 Å². The fourth-order valence-corrected chi connectivity index (χ4v) is 2.53. The van der Waals surface area contributed by atoms with Crippen molar-refractivity contribution in [2.24, 2.45) is 0 Å². The lowest BCUT2D eigenvalue weighted by atomic mass is 9.93. The standard InChI is InChI=1S/C10H12Cl2N2O2/c1-9(16)5-8(15)13-10(14-9)4-6(11)2-3-7(10)12/h2-3,14,16H,4-5H2,1H3,(H,13,15)/t9-,10+/m1/s1. The van der Waals surface area contributed by atoms with Crippen LogP contribution in [0.2, 0.25) is 0 Å². The predicted octanol–water partition coefficient (Wildman–Crippen LogP) is 1.15. The average molecular weight is 263 g/mol. The maximum absolute atomic E-state index is 11.5. The van der Waals surface area contributed by atoms with E-state index in [2.05, 4.69) is 10.6 Å². The van der Waals surface area contributed by atoms with Crippen LogP contribution < -0.4 is 10.6 Å². The van der Waals surface area contributed by atoms with Crippen LogP contribution in [0.15, 0.2) is 22.2 Å². The van der Waals surface area contributed by atoms with Crippen LogP contribution in [0, 0.1) is 0 Å². The molecule has 1 heterocycles. The molecule has 0 radical (unpaired) electrons. The van der Waals surface area contributed by atoms with Crippen molar-refractivity contribution in [3.63, 3.8) is 0 Å². The Balaban J connectivity index is 2.35. The smallest absolute Gasteiger partial charge is 0.226 e. The van der Waals surface area contributed by atoms with E-state index in [0.29, 0.717) is 16.5 Å². The van der Waals surface area contributed by atoms with Crippen LogP contribution in [-0.4, -0.2) is 22.4 Å². The highest BCUT2D eigenvalue weighted by Gasteiger charge is 2.47. The number of aliphatic hydroxyl groups is 1. The second-order valence-electron chi connectivity index (χ2n) is 4.33. The molecule has 0 aromatic rings. The molecule has 1 amide bonds. The number of amides is 1. The van der Waals surface area contributed by atoms with Gasteiger partial charge in [-0.15, -0.1) is 0 Å². The molecule has 3 N–H and O–H groups in total. The fraction of sp³-hybridized carbons (Fsp3) is 0.500. The molecule has 6 heteroatoms. The largest absolute Gasteiger partial charge is 0.376 e. The first-order chi connectivity index (χ1) is 7.33. The summed E-state index contributed by atoms with van der Waals surface area (Å²) >= 11 is 12.0. The molecule has 2 aliphatic rings. The van der Waals surface area contributed by atoms with Crippen molar-refractivity contribution in [2.75, 3.05) is 0 Å². The van der Waals surface area contributed by atoms with Gasteiger partial charge in [-0.2, -0.15) is 0 Å². The summed E-state index contributed by atoms with van der Waals surface area (Å²) in [7, 11) is 0. The summed E-state index contributed by atoms with van der Waals surface area (Å²) in [6.45, 7) is 1.53. The highest BCUT2D eigenvalue weighted by atomic mass is 35.5. The molecule has 2 rings (SSSR count). The van der Waals surface area contributed by atoms with Crippen LogP contribution in [0.3, 0.4) is 0 Å². The van der Waals surface area contributed by atoms with Crippen molar-refractivity contribution < 1.29 is 9.90 Å². The molecule has 1 spiro atoms. The molecule has 4 nitrogen and oxygen atoms in total. The second kappa shape index (κ2) is 3.74.